The van der Waals surface area contributed by atoms with Crippen molar-refractivity contribution in [3.63, 3.8) is 0 Å². The first kappa shape index (κ1) is 20.1. The van der Waals surface area contributed by atoms with E-state index in [1.165, 1.54) is 0 Å². The van der Waals surface area contributed by atoms with E-state index in [1.54, 1.807) is 18.6 Å². The van der Waals surface area contributed by atoms with Crippen LogP contribution in [0.1, 0.15) is 23.2 Å². The van der Waals surface area contributed by atoms with E-state index in [1.807, 2.05) is 48.5 Å². The highest BCUT2D eigenvalue weighted by molar-refractivity contribution is 6.12. The fourth-order valence-electron chi connectivity index (χ4n) is 4.23. The standard InChI is InChI=1S/C25H22N8O/c34-24(19-15-28-20-6-2-1-5-18(19)20)30-17-9-7-16(8-10-17)29-23-21-22(27-12-11-26-21)31-25(32-23)33-13-3-4-14-33/h1-2,5-12,15,28H,3-4,13-14H2,(H,30,34)(H,27,29,31,32). The second-order valence-corrected chi connectivity index (χ2v) is 8.20. The zero-order chi connectivity index (χ0) is 22.9. The SMILES string of the molecule is O=C(Nc1ccc(Nc2nc(N3CCCC3)nc3nccnc23)cc1)c1c[nH]c2ccccc12. The first-order valence-electron chi connectivity index (χ1n) is 11.2. The van der Waals surface area contributed by atoms with Crippen molar-refractivity contribution in [1.29, 1.82) is 0 Å². The van der Waals surface area contributed by atoms with Gasteiger partial charge in [0.25, 0.3) is 5.91 Å². The Hall–Kier alpha value is -4.53. The van der Waals surface area contributed by atoms with Crippen LogP contribution in [0.25, 0.3) is 22.1 Å². The van der Waals surface area contributed by atoms with Gasteiger partial charge in [-0.2, -0.15) is 9.97 Å². The number of amides is 1. The minimum Gasteiger partial charge on any atom is -0.360 e. The number of hydrogen-bond donors (Lipinski definition) is 3. The van der Waals surface area contributed by atoms with Crippen LogP contribution < -0.4 is 15.5 Å². The number of para-hydroxylation sites is 1. The Bertz CT molecular complexity index is 1490. The number of hydrogen-bond acceptors (Lipinski definition) is 7. The molecular formula is C25H22N8O. The molecule has 1 amide bonds. The van der Waals surface area contributed by atoms with Crippen molar-refractivity contribution < 1.29 is 4.79 Å². The van der Waals surface area contributed by atoms with Crippen molar-refractivity contribution in [1.82, 2.24) is 24.9 Å². The van der Waals surface area contributed by atoms with Gasteiger partial charge in [0, 0.05) is 54.0 Å². The summed E-state index contributed by atoms with van der Waals surface area (Å²) in [5, 5.41) is 7.20. The topological polar surface area (TPSA) is 112 Å². The first-order chi connectivity index (χ1) is 16.7. The zero-order valence-electron chi connectivity index (χ0n) is 18.3. The third-order valence-electron chi connectivity index (χ3n) is 5.95. The molecule has 1 aliphatic rings. The van der Waals surface area contributed by atoms with Gasteiger partial charge in [-0.15, -0.1) is 0 Å². The Morgan fingerprint density at radius 1 is 0.912 bits per heavy atom. The summed E-state index contributed by atoms with van der Waals surface area (Å²) in [5.74, 6) is 1.11. The maximum absolute atomic E-state index is 12.8. The number of H-pyrrole nitrogens is 1. The molecule has 2 aromatic carbocycles. The van der Waals surface area contributed by atoms with Gasteiger partial charge < -0.3 is 20.5 Å². The number of aromatic nitrogens is 5. The molecule has 34 heavy (non-hydrogen) atoms. The maximum atomic E-state index is 12.8. The molecule has 1 aliphatic heterocycles. The monoisotopic (exact) mass is 450 g/mol. The van der Waals surface area contributed by atoms with E-state index >= 15 is 0 Å². The molecule has 0 unspecified atom stereocenters. The largest absolute Gasteiger partial charge is 0.360 e. The number of fused-ring (bicyclic) bond motifs is 2. The van der Waals surface area contributed by atoms with E-state index in [0.29, 0.717) is 34.2 Å². The zero-order valence-corrected chi connectivity index (χ0v) is 18.3. The molecule has 6 rings (SSSR count). The molecular weight excluding hydrogens is 428 g/mol. The lowest BCUT2D eigenvalue weighted by Gasteiger charge is -2.17. The molecule has 3 N–H and O–H groups in total. The normalized spacial score (nSPS) is 13.5. The third kappa shape index (κ3) is 3.77. The van der Waals surface area contributed by atoms with Crippen molar-refractivity contribution in [3.8, 4) is 0 Å². The minimum atomic E-state index is -0.162. The van der Waals surface area contributed by atoms with Crippen LogP contribution in [0, 0.1) is 0 Å². The summed E-state index contributed by atoms with van der Waals surface area (Å²) in [6, 6.07) is 15.2. The van der Waals surface area contributed by atoms with Gasteiger partial charge in [-0.3, -0.25) is 4.79 Å². The van der Waals surface area contributed by atoms with Gasteiger partial charge in [0.2, 0.25) is 5.95 Å². The summed E-state index contributed by atoms with van der Waals surface area (Å²) < 4.78 is 0. The van der Waals surface area contributed by atoms with E-state index in [4.69, 9.17) is 4.98 Å². The van der Waals surface area contributed by atoms with Crippen LogP contribution in [0.15, 0.2) is 67.1 Å². The van der Waals surface area contributed by atoms with Crippen LogP contribution in [-0.4, -0.2) is 43.9 Å². The lowest BCUT2D eigenvalue weighted by atomic mass is 10.1. The Kier molecular flexibility index (Phi) is 4.99. The highest BCUT2D eigenvalue weighted by Crippen LogP contribution is 2.26. The molecule has 9 nitrogen and oxygen atoms in total. The van der Waals surface area contributed by atoms with E-state index in [9.17, 15) is 4.79 Å². The van der Waals surface area contributed by atoms with Crippen molar-refractivity contribution in [3.05, 3.63) is 72.7 Å². The summed E-state index contributed by atoms with van der Waals surface area (Å²) in [7, 11) is 0. The van der Waals surface area contributed by atoms with Crippen LogP contribution >= 0.6 is 0 Å². The smallest absolute Gasteiger partial charge is 0.257 e. The van der Waals surface area contributed by atoms with Crippen LogP contribution in [0.5, 0.6) is 0 Å². The van der Waals surface area contributed by atoms with Crippen molar-refractivity contribution in [2.75, 3.05) is 28.6 Å². The van der Waals surface area contributed by atoms with Crippen LogP contribution in [-0.2, 0) is 0 Å². The van der Waals surface area contributed by atoms with Gasteiger partial charge in [-0.25, -0.2) is 9.97 Å². The van der Waals surface area contributed by atoms with Gasteiger partial charge in [-0.1, -0.05) is 18.2 Å². The predicted molar refractivity (Wildman–Crippen MR) is 133 cm³/mol. The predicted octanol–water partition coefficient (Wildman–Crippen LogP) is 4.50. The second-order valence-electron chi connectivity index (χ2n) is 8.20. The highest BCUT2D eigenvalue weighted by atomic mass is 16.1. The van der Waals surface area contributed by atoms with Gasteiger partial charge in [-0.05, 0) is 43.2 Å². The summed E-state index contributed by atoms with van der Waals surface area (Å²) in [6.45, 7) is 1.88. The minimum absolute atomic E-state index is 0.162. The van der Waals surface area contributed by atoms with Crippen molar-refractivity contribution in [2.45, 2.75) is 12.8 Å². The number of aromatic amines is 1. The number of rotatable bonds is 5. The van der Waals surface area contributed by atoms with Gasteiger partial charge in [0.1, 0.15) is 0 Å². The third-order valence-corrected chi connectivity index (χ3v) is 5.95. The van der Waals surface area contributed by atoms with Gasteiger partial charge in [0.15, 0.2) is 17.0 Å². The molecule has 1 saturated heterocycles. The molecule has 0 radical (unpaired) electrons. The van der Waals surface area contributed by atoms with Crippen LogP contribution in [0.4, 0.5) is 23.1 Å². The van der Waals surface area contributed by atoms with Gasteiger partial charge in [0.05, 0.1) is 5.56 Å². The van der Waals surface area contributed by atoms with Crippen LogP contribution in [0.2, 0.25) is 0 Å². The van der Waals surface area contributed by atoms with E-state index in [-0.39, 0.29) is 5.91 Å². The van der Waals surface area contributed by atoms with Crippen molar-refractivity contribution in [2.24, 2.45) is 0 Å². The fourth-order valence-corrected chi connectivity index (χ4v) is 4.23. The second kappa shape index (κ2) is 8.43. The molecule has 0 spiro atoms. The molecule has 0 atom stereocenters. The molecule has 0 saturated carbocycles. The molecule has 5 aromatic rings. The number of nitrogens with one attached hydrogen (secondary N) is 3. The number of carbonyl (C=O) groups excluding carboxylic acids is 1. The Morgan fingerprint density at radius 3 is 2.53 bits per heavy atom. The Balaban J connectivity index is 1.23. The number of carbonyl (C=O) groups is 1. The Morgan fingerprint density at radius 2 is 1.68 bits per heavy atom. The summed E-state index contributed by atoms with van der Waals surface area (Å²) in [5.41, 5.74) is 4.24. The van der Waals surface area contributed by atoms with E-state index in [0.717, 1.165) is 42.5 Å². The molecule has 0 aliphatic carbocycles. The number of benzene rings is 2. The number of nitrogens with zero attached hydrogens (tertiary/aromatic N) is 5. The molecule has 4 heterocycles. The molecule has 0 bridgehead atoms. The summed E-state index contributed by atoms with van der Waals surface area (Å²) in [6.07, 6.45) is 7.27. The Labute approximate surface area is 195 Å². The lowest BCUT2D eigenvalue weighted by Crippen LogP contribution is -2.21. The van der Waals surface area contributed by atoms with E-state index < -0.39 is 0 Å². The lowest BCUT2D eigenvalue weighted by molar-refractivity contribution is 0.102. The van der Waals surface area contributed by atoms with Gasteiger partial charge >= 0.3 is 0 Å². The van der Waals surface area contributed by atoms with Crippen LogP contribution in [0.3, 0.4) is 0 Å². The average molecular weight is 451 g/mol. The first-order valence-corrected chi connectivity index (χ1v) is 11.2. The maximum Gasteiger partial charge on any atom is 0.257 e. The molecule has 3 aromatic heterocycles. The molecule has 9 heteroatoms. The highest BCUT2D eigenvalue weighted by Gasteiger charge is 2.18. The summed E-state index contributed by atoms with van der Waals surface area (Å²) >= 11 is 0. The van der Waals surface area contributed by atoms with E-state index in [2.05, 4.69) is 35.5 Å². The molecule has 1 fully saturated rings. The fraction of sp³-hybridized carbons (Fsp3) is 0.160. The average Bonchev–Trinajstić information content (AvgIpc) is 3.56. The molecule has 168 valence electrons. The van der Waals surface area contributed by atoms with Crippen molar-refractivity contribution >= 4 is 51.1 Å². The summed E-state index contributed by atoms with van der Waals surface area (Å²) in [4.78, 5) is 36.2. The number of anilines is 4. The quantitative estimate of drug-likeness (QED) is 0.361.